The van der Waals surface area contributed by atoms with Gasteiger partial charge in [-0.05, 0) is 49.2 Å². The maximum absolute atomic E-state index is 13.0. The van der Waals surface area contributed by atoms with E-state index in [4.69, 9.17) is 4.42 Å². The highest BCUT2D eigenvalue weighted by Gasteiger charge is 2.33. The van der Waals surface area contributed by atoms with E-state index >= 15 is 0 Å². The van der Waals surface area contributed by atoms with E-state index in [-0.39, 0.29) is 30.6 Å². The lowest BCUT2D eigenvalue weighted by Crippen LogP contribution is -2.41. The molecule has 1 aromatic carbocycles. The third-order valence-corrected chi connectivity index (χ3v) is 6.19. The number of carbonyl (C=O) groups is 3. The number of imide groups is 1. The zero-order valence-electron chi connectivity index (χ0n) is 16.2. The number of anilines is 1. The summed E-state index contributed by atoms with van der Waals surface area (Å²) in [5.74, 6) is 0.569. The number of furan rings is 1. The summed E-state index contributed by atoms with van der Waals surface area (Å²) in [5.41, 5.74) is 1.37. The number of carbonyl (C=O) groups excluding carboxylic acids is 3. The Bertz CT molecular complexity index is 941. The molecule has 6 rings (SSSR count). The van der Waals surface area contributed by atoms with Crippen LogP contribution < -0.4 is 4.90 Å². The van der Waals surface area contributed by atoms with E-state index in [0.29, 0.717) is 23.2 Å². The van der Waals surface area contributed by atoms with Gasteiger partial charge in [-0.3, -0.25) is 19.3 Å². The van der Waals surface area contributed by atoms with Crippen LogP contribution in [0.25, 0.3) is 11.3 Å². The molecular weight excluding hydrogens is 370 g/mol. The fourth-order valence-electron chi connectivity index (χ4n) is 4.54. The van der Waals surface area contributed by atoms with Crippen LogP contribution in [0.15, 0.2) is 40.8 Å². The van der Waals surface area contributed by atoms with Gasteiger partial charge in [0.25, 0.3) is 5.91 Å². The molecule has 4 aliphatic rings. The van der Waals surface area contributed by atoms with Gasteiger partial charge in [-0.1, -0.05) is 0 Å². The van der Waals surface area contributed by atoms with Crippen molar-refractivity contribution in [2.45, 2.75) is 31.7 Å². The maximum atomic E-state index is 13.0. The van der Waals surface area contributed by atoms with Crippen LogP contribution >= 0.6 is 0 Å². The number of fused-ring (bicyclic) bond motifs is 4. The van der Waals surface area contributed by atoms with Gasteiger partial charge in [0.2, 0.25) is 11.8 Å². The maximum Gasteiger partial charge on any atom is 0.289 e. The summed E-state index contributed by atoms with van der Waals surface area (Å²) in [7, 11) is 0. The van der Waals surface area contributed by atoms with Gasteiger partial charge in [-0.15, -0.1) is 0 Å². The number of hydrogen-bond acceptors (Lipinski definition) is 5. The Morgan fingerprint density at radius 1 is 0.862 bits per heavy atom. The average Bonchev–Trinajstić information content (AvgIpc) is 3.24. The summed E-state index contributed by atoms with van der Waals surface area (Å²) in [6.45, 7) is 3.79. The smallest absolute Gasteiger partial charge is 0.289 e. The Hall–Kier alpha value is -2.93. The predicted molar refractivity (Wildman–Crippen MR) is 106 cm³/mol. The van der Waals surface area contributed by atoms with Gasteiger partial charge >= 0.3 is 0 Å². The van der Waals surface area contributed by atoms with Crippen molar-refractivity contribution in [1.82, 2.24) is 9.80 Å². The monoisotopic (exact) mass is 393 g/mol. The van der Waals surface area contributed by atoms with Gasteiger partial charge in [0, 0.05) is 50.6 Å². The van der Waals surface area contributed by atoms with Crippen LogP contribution in [-0.2, 0) is 9.59 Å². The van der Waals surface area contributed by atoms with E-state index in [0.717, 1.165) is 44.6 Å². The number of hydrogen-bond donors (Lipinski definition) is 0. The van der Waals surface area contributed by atoms with Crippen LogP contribution in [0, 0.1) is 0 Å². The topological polar surface area (TPSA) is 74.1 Å². The van der Waals surface area contributed by atoms with Crippen LogP contribution in [0.5, 0.6) is 0 Å². The van der Waals surface area contributed by atoms with E-state index in [9.17, 15) is 14.4 Å². The standard InChI is InChI=1S/C22H23N3O4/c26-20-7-8-21(27)25(20)17-3-1-15(2-4-17)18-5-6-19(29-18)22(28)24-14-13-23-11-9-16(24)10-12-23/h1-6,16H,7-14H2. The molecule has 7 nitrogen and oxygen atoms in total. The number of rotatable bonds is 3. The number of piperidine rings is 1. The van der Waals surface area contributed by atoms with E-state index < -0.39 is 0 Å². The molecule has 0 saturated carbocycles. The first-order chi connectivity index (χ1) is 14.1. The first-order valence-electron chi connectivity index (χ1n) is 10.2. The van der Waals surface area contributed by atoms with Gasteiger partial charge in [0.1, 0.15) is 5.76 Å². The molecule has 4 saturated heterocycles. The van der Waals surface area contributed by atoms with Crippen LogP contribution in [-0.4, -0.2) is 59.7 Å². The van der Waals surface area contributed by atoms with Gasteiger partial charge in [0.15, 0.2) is 5.76 Å². The second-order valence-corrected chi connectivity index (χ2v) is 7.91. The molecule has 0 aliphatic carbocycles. The van der Waals surface area contributed by atoms with Crippen molar-refractivity contribution in [2.75, 3.05) is 31.1 Å². The Labute approximate surface area is 168 Å². The third-order valence-electron chi connectivity index (χ3n) is 6.19. The van der Waals surface area contributed by atoms with Crippen LogP contribution in [0.3, 0.4) is 0 Å². The van der Waals surface area contributed by atoms with E-state index in [1.165, 1.54) is 4.90 Å². The van der Waals surface area contributed by atoms with Gasteiger partial charge in [-0.25, -0.2) is 0 Å². The van der Waals surface area contributed by atoms with Gasteiger partial charge < -0.3 is 14.2 Å². The third kappa shape index (κ3) is 3.25. The van der Waals surface area contributed by atoms with E-state index in [2.05, 4.69) is 4.90 Å². The van der Waals surface area contributed by atoms with Crippen LogP contribution in [0.2, 0.25) is 0 Å². The summed E-state index contributed by atoms with van der Waals surface area (Å²) in [6, 6.07) is 10.9. The molecule has 2 aromatic rings. The fraction of sp³-hybridized carbons (Fsp3) is 0.409. The molecule has 0 radical (unpaired) electrons. The van der Waals surface area contributed by atoms with Gasteiger partial charge in [-0.2, -0.15) is 0 Å². The first-order valence-corrected chi connectivity index (χ1v) is 10.2. The first kappa shape index (κ1) is 18.1. The zero-order chi connectivity index (χ0) is 20.0. The predicted octanol–water partition coefficient (Wildman–Crippen LogP) is 2.52. The summed E-state index contributed by atoms with van der Waals surface area (Å²) in [4.78, 5) is 42.4. The second-order valence-electron chi connectivity index (χ2n) is 7.91. The van der Waals surface area contributed by atoms with Crippen molar-refractivity contribution in [3.05, 3.63) is 42.2 Å². The molecule has 1 aromatic heterocycles. The highest BCUT2D eigenvalue weighted by molar-refractivity contribution is 6.19. The Morgan fingerprint density at radius 3 is 2.24 bits per heavy atom. The SMILES string of the molecule is O=C1CCC(=O)N1c1ccc(-c2ccc(C(=O)N3CCN4CCC3CC4)o2)cc1. The molecule has 150 valence electrons. The molecular formula is C22H23N3O4. The van der Waals surface area contributed by atoms with Crippen molar-refractivity contribution < 1.29 is 18.8 Å². The molecule has 4 fully saturated rings. The lowest BCUT2D eigenvalue weighted by Gasteiger charge is -2.30. The second kappa shape index (κ2) is 7.15. The summed E-state index contributed by atoms with van der Waals surface area (Å²) in [5, 5.41) is 0. The van der Waals surface area contributed by atoms with Crippen LogP contribution in [0.1, 0.15) is 36.2 Å². The minimum atomic E-state index is -0.170. The quantitative estimate of drug-likeness (QED) is 0.749. The minimum Gasteiger partial charge on any atom is -0.451 e. The minimum absolute atomic E-state index is 0.0464. The van der Waals surface area contributed by atoms with Crippen molar-refractivity contribution in [3.63, 3.8) is 0 Å². The largest absolute Gasteiger partial charge is 0.451 e. The number of nitrogens with zero attached hydrogens (tertiary/aromatic N) is 3. The fourth-order valence-corrected chi connectivity index (χ4v) is 4.54. The van der Waals surface area contributed by atoms with E-state index in [1.54, 1.807) is 24.3 Å². The summed E-state index contributed by atoms with van der Waals surface area (Å²) >= 11 is 0. The van der Waals surface area contributed by atoms with E-state index in [1.807, 2.05) is 17.0 Å². The normalized spacial score (nSPS) is 24.3. The Kier molecular flexibility index (Phi) is 4.47. The van der Waals surface area contributed by atoms with Crippen molar-refractivity contribution in [2.24, 2.45) is 0 Å². The number of amides is 3. The van der Waals surface area contributed by atoms with Crippen molar-refractivity contribution in [3.8, 4) is 11.3 Å². The lowest BCUT2D eigenvalue weighted by molar-refractivity contribution is -0.121. The Morgan fingerprint density at radius 2 is 1.55 bits per heavy atom. The van der Waals surface area contributed by atoms with Crippen LogP contribution in [0.4, 0.5) is 5.69 Å². The summed E-state index contributed by atoms with van der Waals surface area (Å²) < 4.78 is 5.89. The highest BCUT2D eigenvalue weighted by Crippen LogP contribution is 2.29. The summed E-state index contributed by atoms with van der Waals surface area (Å²) in [6.07, 6.45) is 2.57. The Balaban J connectivity index is 1.34. The molecule has 3 amide bonds. The lowest BCUT2D eigenvalue weighted by atomic mass is 10.1. The molecule has 0 spiro atoms. The molecule has 0 unspecified atom stereocenters. The van der Waals surface area contributed by atoms with Crippen molar-refractivity contribution in [1.29, 1.82) is 0 Å². The van der Waals surface area contributed by atoms with Crippen molar-refractivity contribution >= 4 is 23.4 Å². The molecule has 5 heterocycles. The molecule has 0 N–H and O–H groups in total. The molecule has 29 heavy (non-hydrogen) atoms. The zero-order valence-corrected chi connectivity index (χ0v) is 16.2. The average molecular weight is 393 g/mol. The number of benzene rings is 1. The molecule has 4 aliphatic heterocycles. The molecule has 0 atom stereocenters. The van der Waals surface area contributed by atoms with Gasteiger partial charge in [0.05, 0.1) is 5.69 Å². The molecule has 2 bridgehead atoms. The highest BCUT2D eigenvalue weighted by atomic mass is 16.4. The molecule has 7 heteroatoms.